The molecule has 6 aromatic carbocycles. The van der Waals surface area contributed by atoms with Gasteiger partial charge in [0.2, 0.25) is 0 Å². The molecule has 0 spiro atoms. The number of aryl methyl sites for hydroxylation is 1. The third-order valence-corrected chi connectivity index (χ3v) is 9.71. The van der Waals surface area contributed by atoms with Crippen LogP contribution in [0, 0.1) is 0 Å². The van der Waals surface area contributed by atoms with Gasteiger partial charge in [-0.05, 0) is 41.8 Å². The molecule has 5 nitrogen and oxygen atoms in total. The Morgan fingerprint density at radius 3 is 1.72 bits per heavy atom. The molecule has 1 aliphatic carbocycles. The molecule has 0 fully saturated rings. The fourth-order valence-electron chi connectivity index (χ4n) is 7.32. The van der Waals surface area contributed by atoms with Crippen LogP contribution in [0.25, 0.3) is 89.8 Å². The highest BCUT2D eigenvalue weighted by Crippen LogP contribution is 2.41. The molecule has 3 aromatic heterocycles. The van der Waals surface area contributed by atoms with Crippen molar-refractivity contribution in [3.63, 3.8) is 0 Å². The molecule has 0 amide bonds. The largest absolute Gasteiger partial charge is 0.460 e. The van der Waals surface area contributed by atoms with E-state index in [9.17, 15) is 0 Å². The Morgan fingerprint density at radius 2 is 1.04 bits per heavy atom. The summed E-state index contributed by atoms with van der Waals surface area (Å²) < 4.78 is 9.07. The number of hydrogen-bond donors (Lipinski definition) is 0. The van der Waals surface area contributed by atoms with E-state index < -0.39 is 0 Å². The Morgan fingerprint density at radius 1 is 0.500 bits per heavy atom. The molecule has 0 radical (unpaired) electrons. The van der Waals surface area contributed by atoms with Crippen LogP contribution in [0.5, 0.6) is 0 Å². The Bertz CT molecular complexity index is 2690. The Hall–Kier alpha value is -6.59. The van der Waals surface area contributed by atoms with Crippen molar-refractivity contribution >= 4 is 38.9 Å². The summed E-state index contributed by atoms with van der Waals surface area (Å²) in [5, 5.41) is 3.49. The third-order valence-electron chi connectivity index (χ3n) is 9.71. The maximum Gasteiger partial charge on any atom is 0.167 e. The molecule has 9 aromatic rings. The number of hydrogen-bond acceptors (Lipinski definition) is 4. The van der Waals surface area contributed by atoms with E-state index >= 15 is 0 Å². The lowest BCUT2D eigenvalue weighted by molar-refractivity contribution is 0.547. The topological polar surface area (TPSA) is 56.7 Å². The summed E-state index contributed by atoms with van der Waals surface area (Å²) in [5.41, 5.74) is 10.2. The van der Waals surface area contributed by atoms with Gasteiger partial charge >= 0.3 is 0 Å². The quantitative estimate of drug-likeness (QED) is 0.187. The molecule has 236 valence electrons. The first-order valence-corrected chi connectivity index (χ1v) is 17.0. The van der Waals surface area contributed by atoms with Crippen molar-refractivity contribution in [1.29, 1.82) is 0 Å². The van der Waals surface area contributed by atoms with Crippen LogP contribution in [0.2, 0.25) is 0 Å². The van der Waals surface area contributed by atoms with Crippen molar-refractivity contribution in [3.8, 4) is 51.0 Å². The van der Waals surface area contributed by atoms with Gasteiger partial charge in [-0.1, -0.05) is 133 Å². The van der Waals surface area contributed by atoms with Crippen LogP contribution < -0.4 is 0 Å². The van der Waals surface area contributed by atoms with E-state index in [1.54, 1.807) is 0 Å². The van der Waals surface area contributed by atoms with Gasteiger partial charge in [-0.3, -0.25) is 0 Å². The summed E-state index contributed by atoms with van der Waals surface area (Å²) in [6.07, 6.45) is 6.25. The number of nitrogens with zero attached hydrogens (tertiary/aromatic N) is 4. The Kier molecular flexibility index (Phi) is 6.56. The summed E-state index contributed by atoms with van der Waals surface area (Å²) in [6, 6.07) is 50.6. The predicted molar refractivity (Wildman–Crippen MR) is 203 cm³/mol. The number of benzene rings is 6. The smallest absolute Gasteiger partial charge is 0.167 e. The maximum atomic E-state index is 6.72. The normalized spacial score (nSPS) is 12.6. The molecule has 5 heteroatoms. The lowest BCUT2D eigenvalue weighted by Gasteiger charge is -2.13. The van der Waals surface area contributed by atoms with E-state index in [1.807, 2.05) is 36.4 Å². The molecule has 0 bridgehead atoms. The second-order valence-electron chi connectivity index (χ2n) is 12.7. The molecule has 0 aliphatic heterocycles. The van der Waals surface area contributed by atoms with Gasteiger partial charge in [0.25, 0.3) is 0 Å². The van der Waals surface area contributed by atoms with Gasteiger partial charge < -0.3 is 8.98 Å². The van der Waals surface area contributed by atoms with Gasteiger partial charge in [0, 0.05) is 45.0 Å². The lowest BCUT2D eigenvalue weighted by atomic mass is 10.0. The minimum absolute atomic E-state index is 0.573. The van der Waals surface area contributed by atoms with Crippen LogP contribution in [0.15, 0.2) is 156 Å². The first-order valence-electron chi connectivity index (χ1n) is 17.0. The number of rotatable bonds is 5. The maximum absolute atomic E-state index is 6.72. The Balaban J connectivity index is 1.23. The molecular weight excluding hydrogens is 613 g/mol. The fraction of sp³-hybridized carbons (Fsp3) is 0.0444. The highest BCUT2D eigenvalue weighted by molar-refractivity contribution is 6.10. The summed E-state index contributed by atoms with van der Waals surface area (Å²) in [5.74, 6) is 2.80. The molecule has 10 rings (SSSR count). The number of furan rings is 1. The zero-order chi connectivity index (χ0) is 33.0. The van der Waals surface area contributed by atoms with Crippen LogP contribution >= 0.6 is 0 Å². The van der Waals surface area contributed by atoms with Crippen LogP contribution in [-0.2, 0) is 6.42 Å². The van der Waals surface area contributed by atoms with Crippen molar-refractivity contribution in [2.24, 2.45) is 0 Å². The van der Waals surface area contributed by atoms with E-state index in [2.05, 4.69) is 126 Å². The zero-order valence-electron chi connectivity index (χ0n) is 27.1. The van der Waals surface area contributed by atoms with Crippen LogP contribution in [0.1, 0.15) is 17.7 Å². The average molecular weight is 643 g/mol. The molecule has 0 atom stereocenters. The van der Waals surface area contributed by atoms with Gasteiger partial charge in [-0.2, -0.15) is 0 Å². The first kappa shape index (κ1) is 28.4. The van der Waals surface area contributed by atoms with E-state index in [1.165, 1.54) is 16.3 Å². The molecule has 0 saturated carbocycles. The van der Waals surface area contributed by atoms with Crippen LogP contribution in [0.3, 0.4) is 0 Å². The fourth-order valence-corrected chi connectivity index (χ4v) is 7.32. The molecule has 0 N–H and O–H groups in total. The highest BCUT2D eigenvalue weighted by Gasteiger charge is 2.23. The second kappa shape index (κ2) is 11.5. The van der Waals surface area contributed by atoms with Gasteiger partial charge in [0.1, 0.15) is 11.3 Å². The van der Waals surface area contributed by atoms with Crippen molar-refractivity contribution in [1.82, 2.24) is 19.5 Å². The summed E-state index contributed by atoms with van der Waals surface area (Å²) >= 11 is 0. The second-order valence-corrected chi connectivity index (χ2v) is 12.7. The third kappa shape index (κ3) is 4.66. The molecule has 3 heterocycles. The standard InChI is InChI=1S/C45H30N4O/c1-3-13-29(14-4-1)30-23-25-32(26-24-30)44-46-43(31-15-5-2-6-16-31)47-45(48-44)38-28-33(27-37-36-19-9-12-22-41(36)50-42(37)38)49-39-20-10-7-17-34(39)35-18-8-11-21-40(35)49/h1-11,13-21,23-28H,12,22H2. The SMILES string of the molecule is C1=Cc2c(oc3c(-c4nc(-c5ccccc5)nc(-c5ccc(-c6ccccc6)cc5)n4)cc(-n4c5ccccc5c5ccccc54)cc23)CC1. The number of allylic oxidation sites excluding steroid dienone is 1. The van der Waals surface area contributed by atoms with E-state index in [-0.39, 0.29) is 0 Å². The first-order chi connectivity index (χ1) is 24.8. The zero-order valence-corrected chi connectivity index (χ0v) is 27.1. The molecule has 0 saturated heterocycles. The Labute approximate surface area is 288 Å². The van der Waals surface area contributed by atoms with E-state index in [0.717, 1.165) is 74.1 Å². The van der Waals surface area contributed by atoms with Crippen molar-refractivity contribution < 1.29 is 4.42 Å². The summed E-state index contributed by atoms with van der Waals surface area (Å²) in [7, 11) is 0. The number of aromatic nitrogens is 4. The molecular formula is C45H30N4O. The van der Waals surface area contributed by atoms with E-state index in [4.69, 9.17) is 19.4 Å². The molecule has 1 aliphatic rings. The predicted octanol–water partition coefficient (Wildman–Crippen LogP) is 11.3. The van der Waals surface area contributed by atoms with Crippen LogP contribution in [0.4, 0.5) is 0 Å². The minimum Gasteiger partial charge on any atom is -0.460 e. The molecule has 0 unspecified atom stereocenters. The van der Waals surface area contributed by atoms with E-state index in [0.29, 0.717) is 17.5 Å². The van der Waals surface area contributed by atoms with Crippen molar-refractivity contribution in [2.45, 2.75) is 12.8 Å². The summed E-state index contributed by atoms with van der Waals surface area (Å²) in [4.78, 5) is 15.4. The molecule has 50 heavy (non-hydrogen) atoms. The van der Waals surface area contributed by atoms with Crippen LogP contribution in [-0.4, -0.2) is 19.5 Å². The lowest BCUT2D eigenvalue weighted by Crippen LogP contribution is -2.01. The van der Waals surface area contributed by atoms with Gasteiger partial charge in [-0.15, -0.1) is 0 Å². The van der Waals surface area contributed by atoms with Gasteiger partial charge in [0.05, 0.1) is 16.6 Å². The highest BCUT2D eigenvalue weighted by atomic mass is 16.3. The monoisotopic (exact) mass is 642 g/mol. The van der Waals surface area contributed by atoms with Gasteiger partial charge in [-0.25, -0.2) is 15.0 Å². The van der Waals surface area contributed by atoms with Crippen molar-refractivity contribution in [2.75, 3.05) is 0 Å². The minimum atomic E-state index is 0.573. The van der Waals surface area contributed by atoms with Crippen molar-refractivity contribution in [3.05, 3.63) is 163 Å². The summed E-state index contributed by atoms with van der Waals surface area (Å²) in [6.45, 7) is 0. The number of fused-ring (bicyclic) bond motifs is 6. The average Bonchev–Trinajstić information content (AvgIpc) is 3.74. The van der Waals surface area contributed by atoms with Gasteiger partial charge in [0.15, 0.2) is 17.5 Å². The number of para-hydroxylation sites is 2.